The number of hydrogen-bond donors (Lipinski definition) is 3. The van der Waals surface area contributed by atoms with Crippen molar-refractivity contribution in [3.05, 3.63) is 65.4 Å². The molecule has 3 heterocycles. The van der Waals surface area contributed by atoms with E-state index in [1.54, 1.807) is 11.3 Å². The first-order chi connectivity index (χ1) is 19.7. The van der Waals surface area contributed by atoms with Gasteiger partial charge in [0.25, 0.3) is 0 Å². The fraction of sp³-hybridized carbons (Fsp3) is 0.452. The molecule has 41 heavy (non-hydrogen) atoms. The van der Waals surface area contributed by atoms with Crippen molar-refractivity contribution in [3.63, 3.8) is 0 Å². The molecule has 2 fully saturated rings. The molecule has 2 aromatic heterocycles. The van der Waals surface area contributed by atoms with Crippen molar-refractivity contribution in [3.8, 4) is 10.6 Å². The Morgan fingerprint density at radius 2 is 1.80 bits per heavy atom. The molecule has 0 radical (unpaired) electrons. The van der Waals surface area contributed by atoms with Crippen LogP contribution in [0.2, 0.25) is 0 Å². The van der Waals surface area contributed by atoms with E-state index in [0.717, 1.165) is 33.0 Å². The SMILES string of the molecule is Cc1nc(NCc2cccc(CN(C)C)c2)nc(NC2CC(CO)C3OC(C)(C)OC23)c1-c1nc2ccccc2s1. The van der Waals surface area contributed by atoms with Crippen molar-refractivity contribution in [1.82, 2.24) is 19.9 Å². The van der Waals surface area contributed by atoms with Gasteiger partial charge in [0.05, 0.1) is 33.6 Å². The minimum absolute atomic E-state index is 0.0138. The van der Waals surface area contributed by atoms with Gasteiger partial charge in [-0.05, 0) is 64.5 Å². The first-order valence-electron chi connectivity index (χ1n) is 14.1. The van der Waals surface area contributed by atoms with E-state index in [9.17, 15) is 5.11 Å². The number of aliphatic hydroxyl groups is 1. The van der Waals surface area contributed by atoms with Crippen LogP contribution in [-0.4, -0.2) is 69.7 Å². The van der Waals surface area contributed by atoms with E-state index in [2.05, 4.69) is 60.0 Å². The van der Waals surface area contributed by atoms with E-state index in [1.165, 1.54) is 11.1 Å². The Morgan fingerprint density at radius 1 is 1.02 bits per heavy atom. The van der Waals surface area contributed by atoms with Gasteiger partial charge in [0.2, 0.25) is 5.95 Å². The molecule has 0 amide bonds. The van der Waals surface area contributed by atoms with Gasteiger partial charge >= 0.3 is 0 Å². The Kier molecular flexibility index (Phi) is 7.69. The van der Waals surface area contributed by atoms with E-state index in [0.29, 0.717) is 24.7 Å². The van der Waals surface area contributed by atoms with Crippen LogP contribution in [0.5, 0.6) is 0 Å². The predicted molar refractivity (Wildman–Crippen MR) is 163 cm³/mol. The number of benzene rings is 2. The highest BCUT2D eigenvalue weighted by molar-refractivity contribution is 7.21. The van der Waals surface area contributed by atoms with Crippen LogP contribution in [0, 0.1) is 12.8 Å². The fourth-order valence-corrected chi connectivity index (χ4v) is 7.02. The maximum absolute atomic E-state index is 10.1. The summed E-state index contributed by atoms with van der Waals surface area (Å²) in [7, 11) is 4.14. The van der Waals surface area contributed by atoms with E-state index >= 15 is 0 Å². The molecule has 3 N–H and O–H groups in total. The van der Waals surface area contributed by atoms with E-state index in [4.69, 9.17) is 24.4 Å². The van der Waals surface area contributed by atoms with Gasteiger partial charge in [-0.15, -0.1) is 11.3 Å². The van der Waals surface area contributed by atoms with Gasteiger partial charge in [0.15, 0.2) is 5.79 Å². The van der Waals surface area contributed by atoms with Gasteiger partial charge in [-0.25, -0.2) is 9.97 Å². The largest absolute Gasteiger partial charge is 0.396 e. The highest BCUT2D eigenvalue weighted by atomic mass is 32.1. The molecule has 9 nitrogen and oxygen atoms in total. The summed E-state index contributed by atoms with van der Waals surface area (Å²) in [5, 5.41) is 18.1. The van der Waals surface area contributed by atoms with Gasteiger partial charge in [0.1, 0.15) is 16.9 Å². The van der Waals surface area contributed by atoms with E-state index in [-0.39, 0.29) is 30.8 Å². The quantitative estimate of drug-likeness (QED) is 0.253. The molecule has 2 aromatic carbocycles. The summed E-state index contributed by atoms with van der Waals surface area (Å²) in [4.78, 5) is 17.0. The predicted octanol–water partition coefficient (Wildman–Crippen LogP) is 5.05. The number of aliphatic hydroxyl groups excluding tert-OH is 1. The lowest BCUT2D eigenvalue weighted by Gasteiger charge is -2.25. The van der Waals surface area contributed by atoms with Crippen LogP contribution >= 0.6 is 11.3 Å². The molecule has 4 aromatic rings. The van der Waals surface area contributed by atoms with Gasteiger partial charge in [-0.3, -0.25) is 0 Å². The Morgan fingerprint density at radius 3 is 2.59 bits per heavy atom. The molecule has 1 saturated carbocycles. The fourth-order valence-electron chi connectivity index (χ4n) is 5.96. The number of hydrogen-bond acceptors (Lipinski definition) is 10. The molecule has 0 bridgehead atoms. The number of fused-ring (bicyclic) bond motifs is 2. The number of ether oxygens (including phenoxy) is 2. The zero-order chi connectivity index (χ0) is 28.7. The van der Waals surface area contributed by atoms with Crippen molar-refractivity contribution >= 4 is 33.3 Å². The molecule has 216 valence electrons. The summed E-state index contributed by atoms with van der Waals surface area (Å²) >= 11 is 1.63. The third-order valence-corrected chi connectivity index (χ3v) is 8.73. The summed E-state index contributed by atoms with van der Waals surface area (Å²) in [6.07, 6.45) is 0.343. The molecule has 1 saturated heterocycles. The van der Waals surface area contributed by atoms with Gasteiger partial charge in [-0.1, -0.05) is 36.4 Å². The molecule has 2 aliphatic rings. The number of thiazole rings is 1. The van der Waals surface area contributed by atoms with E-state index < -0.39 is 5.79 Å². The number of nitrogens with one attached hydrogen (secondary N) is 2. The number of aromatic nitrogens is 3. The van der Waals surface area contributed by atoms with Gasteiger partial charge in [-0.2, -0.15) is 4.98 Å². The molecule has 6 rings (SSSR count). The lowest BCUT2D eigenvalue weighted by Crippen LogP contribution is -2.35. The Labute approximate surface area is 245 Å². The molecule has 1 aliphatic carbocycles. The maximum atomic E-state index is 10.1. The lowest BCUT2D eigenvalue weighted by molar-refractivity contribution is -0.158. The standard InChI is InChI=1S/C31H38N6O3S/c1-18-25(29-35-22-11-6-7-12-24(22)41-29)28(34-23-14-21(17-38)26-27(23)40-31(2,3)39-26)36-30(33-18)32-15-19-9-8-10-20(13-19)16-37(4)5/h6-13,21,23,26-27,38H,14-17H2,1-5H3,(H2,32,33,34,36). The normalized spacial score (nSPS) is 23.3. The van der Waals surface area contributed by atoms with Crippen molar-refractivity contribution in [1.29, 1.82) is 0 Å². The minimum Gasteiger partial charge on any atom is -0.396 e. The number of aryl methyl sites for hydroxylation is 1. The van der Waals surface area contributed by atoms with Crippen LogP contribution in [0.1, 0.15) is 37.1 Å². The second-order valence-electron chi connectivity index (χ2n) is 11.7. The number of anilines is 2. The van der Waals surface area contributed by atoms with Crippen LogP contribution in [0.4, 0.5) is 11.8 Å². The Hall–Kier alpha value is -3.15. The minimum atomic E-state index is -0.700. The molecule has 4 unspecified atom stereocenters. The molecular weight excluding hydrogens is 536 g/mol. The topological polar surface area (TPSA) is 105 Å². The summed E-state index contributed by atoms with van der Waals surface area (Å²) in [6, 6.07) is 16.6. The molecule has 1 aliphatic heterocycles. The second kappa shape index (κ2) is 11.3. The zero-order valence-electron chi connectivity index (χ0n) is 24.2. The third kappa shape index (κ3) is 5.93. The molecule has 4 atom stereocenters. The number of para-hydroxylation sites is 1. The van der Waals surface area contributed by atoms with Crippen LogP contribution in [0.25, 0.3) is 20.8 Å². The summed E-state index contributed by atoms with van der Waals surface area (Å²) in [6.45, 7) is 7.39. The maximum Gasteiger partial charge on any atom is 0.225 e. The number of rotatable bonds is 9. The van der Waals surface area contributed by atoms with Crippen LogP contribution in [0.15, 0.2) is 48.5 Å². The third-order valence-electron chi connectivity index (χ3n) is 7.68. The number of nitrogens with zero attached hydrogens (tertiary/aromatic N) is 4. The Balaban J connectivity index is 1.33. The van der Waals surface area contributed by atoms with Crippen LogP contribution in [-0.2, 0) is 22.6 Å². The monoisotopic (exact) mass is 574 g/mol. The highest BCUT2D eigenvalue weighted by Gasteiger charge is 2.54. The van der Waals surface area contributed by atoms with Crippen molar-refractivity contribution in [2.75, 3.05) is 31.3 Å². The molecule has 0 spiro atoms. The van der Waals surface area contributed by atoms with Gasteiger partial charge in [0, 0.05) is 25.6 Å². The first-order valence-corrected chi connectivity index (χ1v) is 14.9. The summed E-state index contributed by atoms with van der Waals surface area (Å²) in [5.74, 6) is 0.537. The lowest BCUT2D eigenvalue weighted by atomic mass is 10.1. The summed E-state index contributed by atoms with van der Waals surface area (Å²) < 4.78 is 13.6. The second-order valence-corrected chi connectivity index (χ2v) is 12.8. The van der Waals surface area contributed by atoms with Crippen LogP contribution < -0.4 is 10.6 Å². The van der Waals surface area contributed by atoms with E-state index in [1.807, 2.05) is 39.0 Å². The summed E-state index contributed by atoms with van der Waals surface area (Å²) in [5.41, 5.74) is 5.09. The highest BCUT2D eigenvalue weighted by Crippen LogP contribution is 2.44. The Bertz CT molecular complexity index is 1510. The molecule has 10 heteroatoms. The average molecular weight is 575 g/mol. The zero-order valence-corrected chi connectivity index (χ0v) is 25.0. The van der Waals surface area contributed by atoms with Crippen molar-refractivity contribution in [2.24, 2.45) is 5.92 Å². The average Bonchev–Trinajstić information content (AvgIpc) is 3.58. The smallest absolute Gasteiger partial charge is 0.225 e. The first kappa shape index (κ1) is 28.0. The van der Waals surface area contributed by atoms with Gasteiger partial charge < -0.3 is 30.1 Å². The molecular formula is C31H38N6O3S. The van der Waals surface area contributed by atoms with Crippen molar-refractivity contribution < 1.29 is 14.6 Å². The van der Waals surface area contributed by atoms with Crippen molar-refractivity contribution in [2.45, 2.75) is 64.3 Å². The van der Waals surface area contributed by atoms with Crippen LogP contribution in [0.3, 0.4) is 0 Å².